The molecule has 0 aromatic rings. The molecule has 0 saturated carbocycles. The van der Waals surface area contributed by atoms with E-state index in [-0.39, 0.29) is 12.1 Å². The first kappa shape index (κ1) is 9.11. The summed E-state index contributed by atoms with van der Waals surface area (Å²) >= 11 is 0. The Morgan fingerprint density at radius 3 is 1.57 bits per heavy atom. The predicted molar refractivity (Wildman–Crippen MR) is 46.3 cm³/mol. The van der Waals surface area contributed by atoms with Gasteiger partial charge in [0.25, 0.3) is 0 Å². The monoisotopic (exact) mass is 200 g/mol. The number of nitrogens with zero attached hydrogens (tertiary/aromatic N) is 2. The minimum atomic E-state index is -0.940. The largest absolute Gasteiger partial charge is 0.465 e. The van der Waals surface area contributed by atoms with E-state index < -0.39 is 12.2 Å². The summed E-state index contributed by atoms with van der Waals surface area (Å²) in [4.78, 5) is 24.3. The van der Waals surface area contributed by atoms with E-state index in [4.69, 9.17) is 10.2 Å². The van der Waals surface area contributed by atoms with Crippen LogP contribution >= 0.6 is 0 Å². The van der Waals surface area contributed by atoms with Crippen LogP contribution in [-0.2, 0) is 0 Å². The lowest BCUT2D eigenvalue weighted by Gasteiger charge is -2.21. The van der Waals surface area contributed by atoms with Gasteiger partial charge < -0.3 is 20.0 Å². The van der Waals surface area contributed by atoms with Gasteiger partial charge in [0.2, 0.25) is 0 Å². The molecule has 2 fully saturated rings. The molecule has 2 unspecified atom stereocenters. The maximum absolute atomic E-state index is 10.8. The molecule has 2 amide bonds. The maximum atomic E-state index is 10.8. The Morgan fingerprint density at radius 1 is 0.929 bits per heavy atom. The van der Waals surface area contributed by atoms with Crippen LogP contribution in [0.1, 0.15) is 12.8 Å². The molecule has 2 atom stereocenters. The second kappa shape index (κ2) is 3.04. The van der Waals surface area contributed by atoms with Crippen LogP contribution in [-0.4, -0.2) is 57.4 Å². The molecule has 0 aromatic carbocycles. The van der Waals surface area contributed by atoms with E-state index in [2.05, 4.69) is 0 Å². The number of carbonyl (C=O) groups is 2. The molecule has 2 rings (SSSR count). The minimum absolute atomic E-state index is 0.122. The number of hydrogen-bond donors (Lipinski definition) is 2. The van der Waals surface area contributed by atoms with Gasteiger partial charge in [-0.1, -0.05) is 0 Å². The van der Waals surface area contributed by atoms with Crippen LogP contribution < -0.4 is 0 Å². The lowest BCUT2D eigenvalue weighted by molar-refractivity contribution is 0.130. The van der Waals surface area contributed by atoms with Gasteiger partial charge in [0, 0.05) is 13.1 Å². The van der Waals surface area contributed by atoms with Gasteiger partial charge >= 0.3 is 12.2 Å². The van der Waals surface area contributed by atoms with E-state index in [0.717, 1.165) is 0 Å². The van der Waals surface area contributed by atoms with Crippen LogP contribution in [0.3, 0.4) is 0 Å². The van der Waals surface area contributed by atoms with Crippen LogP contribution in [0.5, 0.6) is 0 Å². The lowest BCUT2D eigenvalue weighted by atomic mass is 10.1. The molecule has 0 aliphatic carbocycles. The molecule has 2 N–H and O–H groups in total. The molecule has 14 heavy (non-hydrogen) atoms. The van der Waals surface area contributed by atoms with Crippen molar-refractivity contribution in [3.8, 4) is 0 Å². The highest BCUT2D eigenvalue weighted by molar-refractivity contribution is 5.69. The fraction of sp³-hybridized carbons (Fsp3) is 0.750. The van der Waals surface area contributed by atoms with E-state index in [1.807, 2.05) is 0 Å². The minimum Gasteiger partial charge on any atom is -0.465 e. The Bertz CT molecular complexity index is 253. The van der Waals surface area contributed by atoms with Gasteiger partial charge in [-0.25, -0.2) is 9.59 Å². The molecule has 0 radical (unpaired) electrons. The van der Waals surface area contributed by atoms with Crippen LogP contribution in [0.2, 0.25) is 0 Å². The van der Waals surface area contributed by atoms with Gasteiger partial charge in [0.1, 0.15) is 0 Å². The molecule has 0 bridgehead atoms. The smallest absolute Gasteiger partial charge is 0.407 e. The molecule has 2 heterocycles. The molecule has 6 nitrogen and oxygen atoms in total. The molecular weight excluding hydrogens is 188 g/mol. The van der Waals surface area contributed by atoms with Crippen molar-refractivity contribution in [2.75, 3.05) is 13.1 Å². The van der Waals surface area contributed by atoms with Crippen molar-refractivity contribution in [3.05, 3.63) is 0 Å². The van der Waals surface area contributed by atoms with Crippen molar-refractivity contribution >= 4 is 12.2 Å². The standard InChI is InChI=1S/C8H12N2O4/c11-7(12)9-3-1-5-6(9)2-4-10(5)8(13)14/h5-6H,1-4H2,(H,11,12)(H,13,14). The fourth-order valence-corrected chi connectivity index (χ4v) is 2.46. The molecule has 2 aliphatic heterocycles. The Balaban J connectivity index is 2.11. The molecule has 2 saturated heterocycles. The van der Waals surface area contributed by atoms with Crippen LogP contribution in [0, 0.1) is 0 Å². The number of carboxylic acid groups (broad SMARTS) is 2. The zero-order chi connectivity index (χ0) is 10.3. The van der Waals surface area contributed by atoms with Gasteiger partial charge in [-0.05, 0) is 12.8 Å². The molecule has 0 aromatic heterocycles. The summed E-state index contributed by atoms with van der Waals surface area (Å²) in [5, 5.41) is 17.7. The summed E-state index contributed by atoms with van der Waals surface area (Å²) in [6, 6.07) is -0.243. The highest BCUT2D eigenvalue weighted by Crippen LogP contribution is 2.31. The van der Waals surface area contributed by atoms with Crippen molar-refractivity contribution in [3.63, 3.8) is 0 Å². The molecule has 0 spiro atoms. The average molecular weight is 200 g/mol. The lowest BCUT2D eigenvalue weighted by Crippen LogP contribution is -2.40. The zero-order valence-corrected chi connectivity index (χ0v) is 7.59. The van der Waals surface area contributed by atoms with E-state index in [0.29, 0.717) is 25.9 Å². The third-order valence-electron chi connectivity index (χ3n) is 3.07. The van der Waals surface area contributed by atoms with E-state index in [9.17, 15) is 9.59 Å². The molecule has 2 aliphatic rings. The number of rotatable bonds is 0. The summed E-state index contributed by atoms with van der Waals surface area (Å²) in [5.74, 6) is 0. The van der Waals surface area contributed by atoms with E-state index in [1.54, 1.807) is 0 Å². The summed E-state index contributed by atoms with van der Waals surface area (Å²) in [6.45, 7) is 0.906. The van der Waals surface area contributed by atoms with Crippen molar-refractivity contribution in [1.82, 2.24) is 9.80 Å². The normalized spacial score (nSPS) is 30.6. The summed E-state index contributed by atoms with van der Waals surface area (Å²) in [6.07, 6.45) is -0.624. The first-order valence-electron chi connectivity index (χ1n) is 4.60. The number of likely N-dealkylation sites (tertiary alicyclic amines) is 2. The van der Waals surface area contributed by atoms with Gasteiger partial charge in [0.15, 0.2) is 0 Å². The van der Waals surface area contributed by atoms with Gasteiger partial charge in [-0.2, -0.15) is 0 Å². The van der Waals surface area contributed by atoms with Gasteiger partial charge in [-0.15, -0.1) is 0 Å². The number of amides is 2. The molecule has 6 heteroatoms. The predicted octanol–water partition coefficient (Wildman–Crippen LogP) is 0.491. The second-order valence-electron chi connectivity index (χ2n) is 3.66. The molecule has 78 valence electrons. The van der Waals surface area contributed by atoms with Crippen LogP contribution in [0.25, 0.3) is 0 Å². The van der Waals surface area contributed by atoms with Crippen molar-refractivity contribution in [2.24, 2.45) is 0 Å². The maximum Gasteiger partial charge on any atom is 0.407 e. The van der Waals surface area contributed by atoms with Gasteiger partial charge in [-0.3, -0.25) is 0 Å². The Labute approximate surface area is 80.7 Å². The fourth-order valence-electron chi connectivity index (χ4n) is 2.46. The van der Waals surface area contributed by atoms with Crippen molar-refractivity contribution in [2.45, 2.75) is 24.9 Å². The van der Waals surface area contributed by atoms with E-state index in [1.165, 1.54) is 9.80 Å². The summed E-state index contributed by atoms with van der Waals surface area (Å²) in [5.41, 5.74) is 0. The summed E-state index contributed by atoms with van der Waals surface area (Å²) < 4.78 is 0. The van der Waals surface area contributed by atoms with Crippen molar-refractivity contribution < 1.29 is 19.8 Å². The average Bonchev–Trinajstić information content (AvgIpc) is 2.59. The Kier molecular flexibility index (Phi) is 1.98. The topological polar surface area (TPSA) is 81.1 Å². The Hall–Kier alpha value is -1.46. The number of hydrogen-bond acceptors (Lipinski definition) is 2. The highest BCUT2D eigenvalue weighted by Gasteiger charge is 2.46. The van der Waals surface area contributed by atoms with Crippen LogP contribution in [0.4, 0.5) is 9.59 Å². The second-order valence-corrected chi connectivity index (χ2v) is 3.66. The first-order chi connectivity index (χ1) is 6.61. The summed E-state index contributed by atoms with van der Waals surface area (Å²) in [7, 11) is 0. The third-order valence-corrected chi connectivity index (χ3v) is 3.07. The quantitative estimate of drug-likeness (QED) is 0.596. The van der Waals surface area contributed by atoms with Crippen molar-refractivity contribution in [1.29, 1.82) is 0 Å². The number of fused-ring (bicyclic) bond motifs is 1. The van der Waals surface area contributed by atoms with Gasteiger partial charge in [0.05, 0.1) is 12.1 Å². The van der Waals surface area contributed by atoms with Crippen LogP contribution in [0.15, 0.2) is 0 Å². The first-order valence-corrected chi connectivity index (χ1v) is 4.60. The van der Waals surface area contributed by atoms with E-state index >= 15 is 0 Å². The Morgan fingerprint density at radius 2 is 1.29 bits per heavy atom. The molecular formula is C8H12N2O4. The SMILES string of the molecule is O=C(O)N1CCC2C1CCN2C(=O)O. The highest BCUT2D eigenvalue weighted by atomic mass is 16.4. The third kappa shape index (κ3) is 1.18. The zero-order valence-electron chi connectivity index (χ0n) is 7.59.